The summed E-state index contributed by atoms with van der Waals surface area (Å²) >= 11 is 13.9. The molecule has 1 aliphatic rings. The van der Waals surface area contributed by atoms with E-state index in [0.717, 1.165) is 26.8 Å². The Hall–Kier alpha value is -0.310. The Morgan fingerprint density at radius 1 is 1.27 bits per heavy atom. The molecule has 1 aromatic carbocycles. The van der Waals surface area contributed by atoms with Crippen LogP contribution in [0.2, 0.25) is 5.02 Å². The zero-order valence-electron chi connectivity index (χ0n) is 16.0. The second kappa shape index (κ2) is 10.3. The van der Waals surface area contributed by atoms with Crippen molar-refractivity contribution in [3.8, 4) is 0 Å². The summed E-state index contributed by atoms with van der Waals surface area (Å²) in [5.74, 6) is 0.960. The first-order valence-corrected chi connectivity index (χ1v) is 11.6. The number of benzene rings is 1. The Balaban J connectivity index is 2.63. The van der Waals surface area contributed by atoms with E-state index in [4.69, 9.17) is 11.6 Å². The minimum Gasteiger partial charge on any atom is -0.0949 e. The zero-order valence-corrected chi connectivity index (χ0v) is 20.0. The van der Waals surface area contributed by atoms with Gasteiger partial charge in [0.05, 0.1) is 0 Å². The number of rotatable bonds is 6. The average molecular weight is 501 g/mol. The highest BCUT2D eigenvalue weighted by atomic mass is 79.9. The molecule has 1 atom stereocenters. The van der Waals surface area contributed by atoms with Crippen LogP contribution in [-0.2, 0) is 6.42 Å². The molecule has 0 N–H and O–H groups in total. The number of hydrogen-bond acceptors (Lipinski definition) is 0. The van der Waals surface area contributed by atoms with Gasteiger partial charge in [-0.05, 0) is 79.0 Å². The summed E-state index contributed by atoms with van der Waals surface area (Å²) in [4.78, 5) is 0. The molecule has 1 unspecified atom stereocenters. The highest BCUT2D eigenvalue weighted by Crippen LogP contribution is 2.48. The second-order valence-electron chi connectivity index (χ2n) is 7.14. The van der Waals surface area contributed by atoms with Gasteiger partial charge in [0, 0.05) is 19.9 Å². The number of allylic oxidation sites excluding steroid dienone is 5. The van der Waals surface area contributed by atoms with Gasteiger partial charge in [0.1, 0.15) is 0 Å². The quantitative estimate of drug-likeness (QED) is 0.342. The van der Waals surface area contributed by atoms with Crippen molar-refractivity contribution in [2.75, 3.05) is 0 Å². The summed E-state index contributed by atoms with van der Waals surface area (Å²) in [5.41, 5.74) is 5.41. The molecular formula is C23H29Br2Cl. The van der Waals surface area contributed by atoms with Crippen molar-refractivity contribution >= 4 is 43.5 Å². The van der Waals surface area contributed by atoms with Crippen LogP contribution in [0.15, 0.2) is 51.0 Å². The van der Waals surface area contributed by atoms with Gasteiger partial charge in [-0.15, -0.1) is 0 Å². The maximum absolute atomic E-state index is 6.38. The minimum absolute atomic E-state index is 0.349. The number of halogens is 3. The third kappa shape index (κ3) is 5.14. The monoisotopic (exact) mass is 498 g/mol. The fourth-order valence-electron chi connectivity index (χ4n) is 4.15. The van der Waals surface area contributed by atoms with Gasteiger partial charge < -0.3 is 0 Å². The molecule has 1 aliphatic carbocycles. The van der Waals surface area contributed by atoms with Crippen LogP contribution in [0.1, 0.15) is 69.9 Å². The molecule has 0 aromatic heterocycles. The lowest BCUT2D eigenvalue weighted by Crippen LogP contribution is -2.17. The molecule has 2 rings (SSSR count). The first kappa shape index (κ1) is 22.0. The van der Waals surface area contributed by atoms with Crippen molar-refractivity contribution in [1.29, 1.82) is 0 Å². The van der Waals surface area contributed by atoms with Crippen molar-refractivity contribution in [1.82, 2.24) is 0 Å². The molecule has 0 radical (unpaired) electrons. The summed E-state index contributed by atoms with van der Waals surface area (Å²) in [6, 6.07) is 4.21. The number of fused-ring (bicyclic) bond motifs is 1. The zero-order chi connectivity index (χ0) is 19.3. The molecule has 0 spiro atoms. The lowest BCUT2D eigenvalue weighted by molar-refractivity contribution is 0.393. The summed E-state index contributed by atoms with van der Waals surface area (Å²) in [7, 11) is 0. The van der Waals surface area contributed by atoms with Crippen LogP contribution in [0, 0.1) is 5.92 Å². The average Bonchev–Trinajstić information content (AvgIpc) is 2.72. The molecular weight excluding hydrogens is 472 g/mol. The number of hydrogen-bond donors (Lipinski definition) is 0. The topological polar surface area (TPSA) is 0 Å². The van der Waals surface area contributed by atoms with E-state index in [0.29, 0.717) is 11.8 Å². The van der Waals surface area contributed by atoms with E-state index in [2.05, 4.69) is 77.4 Å². The van der Waals surface area contributed by atoms with Gasteiger partial charge in [0.15, 0.2) is 0 Å². The highest BCUT2D eigenvalue weighted by molar-refractivity contribution is 9.12. The standard InChI is InChI=1S/C23H29Br2Cl/c1-5-8-16(9-6-2)22-15(4)17(12-19(24)7-3)10-11-18-13-20(26)14-21(25)23(18)22/h7,12-14,16,22H,4-6,8-11H2,1-3H3/b17-12-,19-7+. The first-order chi connectivity index (χ1) is 12.4. The fourth-order valence-corrected chi connectivity index (χ4v) is 5.55. The van der Waals surface area contributed by atoms with Crippen molar-refractivity contribution in [3.63, 3.8) is 0 Å². The smallest absolute Gasteiger partial charge is 0.0420 e. The van der Waals surface area contributed by atoms with Crippen molar-refractivity contribution in [3.05, 3.63) is 67.1 Å². The molecule has 26 heavy (non-hydrogen) atoms. The molecule has 0 amide bonds. The van der Waals surface area contributed by atoms with E-state index >= 15 is 0 Å². The third-order valence-electron chi connectivity index (χ3n) is 5.32. The van der Waals surface area contributed by atoms with E-state index in [-0.39, 0.29) is 0 Å². The summed E-state index contributed by atoms with van der Waals surface area (Å²) in [5, 5.41) is 0.810. The Kier molecular flexibility index (Phi) is 8.70. The lowest BCUT2D eigenvalue weighted by Gasteiger charge is -2.31. The molecule has 3 heteroatoms. The van der Waals surface area contributed by atoms with Gasteiger partial charge in [-0.1, -0.05) is 82.8 Å². The Morgan fingerprint density at radius 3 is 2.50 bits per heavy atom. The van der Waals surface area contributed by atoms with E-state index in [9.17, 15) is 0 Å². The normalized spacial score (nSPS) is 19.8. The predicted octanol–water partition coefficient (Wildman–Crippen LogP) is 9.13. The van der Waals surface area contributed by atoms with E-state index in [1.807, 2.05) is 6.07 Å². The molecule has 0 nitrogen and oxygen atoms in total. The van der Waals surface area contributed by atoms with E-state index in [1.54, 1.807) is 0 Å². The Labute approximate surface area is 181 Å². The van der Waals surface area contributed by atoms with Crippen molar-refractivity contribution in [2.45, 2.75) is 65.2 Å². The lowest BCUT2D eigenvalue weighted by atomic mass is 9.74. The Bertz CT molecular complexity index is 709. The molecule has 0 fully saturated rings. The summed E-state index contributed by atoms with van der Waals surface area (Å²) in [6.07, 6.45) is 11.2. The van der Waals surface area contributed by atoms with Gasteiger partial charge in [0.2, 0.25) is 0 Å². The third-order valence-corrected chi connectivity index (χ3v) is 6.88. The van der Waals surface area contributed by atoms with Crippen LogP contribution in [-0.4, -0.2) is 0 Å². The number of aryl methyl sites for hydroxylation is 1. The highest BCUT2D eigenvalue weighted by Gasteiger charge is 2.32. The van der Waals surface area contributed by atoms with Crippen LogP contribution >= 0.6 is 43.5 Å². The van der Waals surface area contributed by atoms with Gasteiger partial charge in [-0.25, -0.2) is 0 Å². The first-order valence-electron chi connectivity index (χ1n) is 9.62. The van der Waals surface area contributed by atoms with Gasteiger partial charge >= 0.3 is 0 Å². The van der Waals surface area contributed by atoms with Crippen LogP contribution in [0.25, 0.3) is 0 Å². The minimum atomic E-state index is 0.349. The molecule has 142 valence electrons. The Morgan fingerprint density at radius 2 is 1.92 bits per heavy atom. The van der Waals surface area contributed by atoms with Gasteiger partial charge in [-0.3, -0.25) is 0 Å². The predicted molar refractivity (Wildman–Crippen MR) is 123 cm³/mol. The van der Waals surface area contributed by atoms with Crippen molar-refractivity contribution < 1.29 is 0 Å². The molecule has 0 heterocycles. The molecule has 0 aliphatic heterocycles. The van der Waals surface area contributed by atoms with Crippen LogP contribution < -0.4 is 0 Å². The molecule has 1 aromatic rings. The van der Waals surface area contributed by atoms with E-state index < -0.39 is 0 Å². The largest absolute Gasteiger partial charge is 0.0949 e. The SMILES string of the molecule is C=C1/C(=C\C(Br)=C/C)CCc2cc(Cl)cc(Br)c2C1C(CCC)CCC. The van der Waals surface area contributed by atoms with Crippen LogP contribution in [0.3, 0.4) is 0 Å². The van der Waals surface area contributed by atoms with Crippen molar-refractivity contribution in [2.24, 2.45) is 5.92 Å². The fraction of sp³-hybridized carbons (Fsp3) is 0.478. The summed E-state index contributed by atoms with van der Waals surface area (Å²) in [6.45, 7) is 11.2. The molecule has 0 bridgehead atoms. The molecule has 0 saturated carbocycles. The molecule has 0 saturated heterocycles. The maximum Gasteiger partial charge on any atom is 0.0420 e. The van der Waals surface area contributed by atoms with E-state index in [1.165, 1.54) is 48.0 Å². The van der Waals surface area contributed by atoms with Crippen LogP contribution in [0.4, 0.5) is 0 Å². The van der Waals surface area contributed by atoms with Gasteiger partial charge in [-0.2, -0.15) is 0 Å². The van der Waals surface area contributed by atoms with Crippen LogP contribution in [0.5, 0.6) is 0 Å². The second-order valence-corrected chi connectivity index (χ2v) is 9.35. The summed E-state index contributed by atoms with van der Waals surface area (Å²) < 4.78 is 2.26. The maximum atomic E-state index is 6.38. The van der Waals surface area contributed by atoms with Gasteiger partial charge in [0.25, 0.3) is 0 Å².